The molecule has 0 aliphatic carbocycles. The Labute approximate surface area is 143 Å². The van der Waals surface area contributed by atoms with Crippen molar-refractivity contribution in [2.24, 2.45) is 0 Å². The molecule has 1 heterocycles. The molecule has 5 heteroatoms. The van der Waals surface area contributed by atoms with Crippen molar-refractivity contribution in [3.05, 3.63) is 48.0 Å². The first-order valence-electron chi connectivity index (χ1n) is 7.74. The second kappa shape index (κ2) is 7.77. The number of fused-ring (bicyclic) bond motifs is 1. The summed E-state index contributed by atoms with van der Waals surface area (Å²) in [6, 6.07) is 13.8. The summed E-state index contributed by atoms with van der Waals surface area (Å²) in [5.74, 6) is -0.0269. The molecule has 0 spiro atoms. The SMILES string of the molecule is COCC1(CNC(=O)c2cccc3ccccc23)CCCN1.Cl. The van der Waals surface area contributed by atoms with Crippen LogP contribution in [0.4, 0.5) is 0 Å². The number of rotatable bonds is 5. The molecule has 0 saturated carbocycles. The van der Waals surface area contributed by atoms with Crippen LogP contribution in [0.15, 0.2) is 42.5 Å². The van der Waals surface area contributed by atoms with Crippen LogP contribution in [0.3, 0.4) is 0 Å². The lowest BCUT2D eigenvalue weighted by molar-refractivity contribution is 0.0893. The van der Waals surface area contributed by atoms with Crippen molar-refractivity contribution in [2.45, 2.75) is 18.4 Å². The molecule has 1 saturated heterocycles. The summed E-state index contributed by atoms with van der Waals surface area (Å²) in [6.07, 6.45) is 2.14. The molecule has 1 atom stereocenters. The number of halogens is 1. The van der Waals surface area contributed by atoms with Gasteiger partial charge >= 0.3 is 0 Å². The van der Waals surface area contributed by atoms with Crippen LogP contribution in [0.5, 0.6) is 0 Å². The van der Waals surface area contributed by atoms with Gasteiger partial charge in [-0.3, -0.25) is 4.79 Å². The maximum atomic E-state index is 12.6. The van der Waals surface area contributed by atoms with E-state index in [1.54, 1.807) is 7.11 Å². The fraction of sp³-hybridized carbons (Fsp3) is 0.389. The predicted octanol–water partition coefficient (Wildman–Crippen LogP) is 2.76. The average molecular weight is 335 g/mol. The van der Waals surface area contributed by atoms with Gasteiger partial charge in [0, 0.05) is 19.2 Å². The predicted molar refractivity (Wildman–Crippen MR) is 95.4 cm³/mol. The second-order valence-electron chi connectivity index (χ2n) is 5.95. The molecular formula is C18H23ClN2O2. The van der Waals surface area contributed by atoms with Gasteiger partial charge in [0.2, 0.25) is 0 Å². The highest BCUT2D eigenvalue weighted by Gasteiger charge is 2.33. The van der Waals surface area contributed by atoms with E-state index in [9.17, 15) is 4.79 Å². The Bertz CT molecular complexity index is 664. The van der Waals surface area contributed by atoms with E-state index in [1.807, 2.05) is 42.5 Å². The zero-order valence-electron chi connectivity index (χ0n) is 13.3. The smallest absolute Gasteiger partial charge is 0.251 e. The summed E-state index contributed by atoms with van der Waals surface area (Å²) in [4.78, 5) is 12.6. The first kappa shape index (κ1) is 17.7. The number of benzene rings is 2. The lowest BCUT2D eigenvalue weighted by Crippen LogP contribution is -2.53. The molecule has 4 nitrogen and oxygen atoms in total. The molecule has 1 unspecified atom stereocenters. The number of carbonyl (C=O) groups is 1. The standard InChI is InChI=1S/C18H22N2O2.ClH/c1-22-13-18(10-5-11-20-18)12-19-17(21)16-9-4-7-14-6-2-3-8-15(14)16;/h2-4,6-9,20H,5,10-13H2,1H3,(H,19,21);1H. The van der Waals surface area contributed by atoms with Crippen molar-refractivity contribution >= 4 is 29.1 Å². The maximum absolute atomic E-state index is 12.6. The molecule has 1 fully saturated rings. The zero-order chi connectivity index (χ0) is 15.4. The van der Waals surface area contributed by atoms with Crippen molar-refractivity contribution in [3.63, 3.8) is 0 Å². The first-order valence-corrected chi connectivity index (χ1v) is 7.74. The number of methoxy groups -OCH3 is 1. The van der Waals surface area contributed by atoms with Gasteiger partial charge < -0.3 is 15.4 Å². The van der Waals surface area contributed by atoms with E-state index in [0.29, 0.717) is 13.2 Å². The van der Waals surface area contributed by atoms with Crippen molar-refractivity contribution in [2.75, 3.05) is 26.8 Å². The molecule has 0 aromatic heterocycles. The second-order valence-corrected chi connectivity index (χ2v) is 5.95. The molecule has 2 N–H and O–H groups in total. The largest absolute Gasteiger partial charge is 0.383 e. The first-order chi connectivity index (χ1) is 10.7. The Morgan fingerprint density at radius 2 is 2.04 bits per heavy atom. The minimum atomic E-state index is -0.130. The third-order valence-corrected chi connectivity index (χ3v) is 4.37. The molecule has 1 aliphatic rings. The Morgan fingerprint density at radius 3 is 2.78 bits per heavy atom. The van der Waals surface area contributed by atoms with E-state index in [1.165, 1.54) is 0 Å². The fourth-order valence-corrected chi connectivity index (χ4v) is 3.24. The lowest BCUT2D eigenvalue weighted by atomic mass is 9.98. The summed E-state index contributed by atoms with van der Waals surface area (Å²) in [7, 11) is 1.70. The highest BCUT2D eigenvalue weighted by Crippen LogP contribution is 2.21. The summed E-state index contributed by atoms with van der Waals surface area (Å²) in [5, 5.41) is 8.63. The van der Waals surface area contributed by atoms with Crippen LogP contribution < -0.4 is 10.6 Å². The molecule has 124 valence electrons. The molecule has 0 bridgehead atoms. The zero-order valence-corrected chi connectivity index (χ0v) is 14.1. The average Bonchev–Trinajstić information content (AvgIpc) is 3.01. The van der Waals surface area contributed by atoms with E-state index in [0.717, 1.165) is 35.7 Å². The molecule has 1 amide bonds. The van der Waals surface area contributed by atoms with Crippen LogP contribution in [0.2, 0.25) is 0 Å². The van der Waals surface area contributed by atoms with Crippen LogP contribution in [-0.2, 0) is 4.74 Å². The van der Waals surface area contributed by atoms with Gasteiger partial charge in [-0.05, 0) is 36.2 Å². The number of ether oxygens (including phenoxy) is 1. The quantitative estimate of drug-likeness (QED) is 0.884. The van der Waals surface area contributed by atoms with Gasteiger partial charge in [-0.1, -0.05) is 36.4 Å². The Balaban J connectivity index is 0.00000192. The summed E-state index contributed by atoms with van der Waals surface area (Å²) in [6.45, 7) is 2.18. The molecule has 2 aromatic carbocycles. The number of amides is 1. The number of hydrogen-bond acceptors (Lipinski definition) is 3. The molecule has 1 aliphatic heterocycles. The lowest BCUT2D eigenvalue weighted by Gasteiger charge is -2.29. The van der Waals surface area contributed by atoms with E-state index < -0.39 is 0 Å². The molecule has 0 radical (unpaired) electrons. The fourth-order valence-electron chi connectivity index (χ4n) is 3.24. The normalized spacial score (nSPS) is 20.2. The van der Waals surface area contributed by atoms with E-state index >= 15 is 0 Å². The third kappa shape index (κ3) is 3.83. The summed E-state index contributed by atoms with van der Waals surface area (Å²) < 4.78 is 5.32. The van der Waals surface area contributed by atoms with E-state index in [2.05, 4.69) is 10.6 Å². The highest BCUT2D eigenvalue weighted by atomic mass is 35.5. The summed E-state index contributed by atoms with van der Waals surface area (Å²) in [5.41, 5.74) is 0.596. The van der Waals surface area contributed by atoms with Crippen LogP contribution in [0, 0.1) is 0 Å². The molecule has 23 heavy (non-hydrogen) atoms. The highest BCUT2D eigenvalue weighted by molar-refractivity contribution is 6.07. The summed E-state index contributed by atoms with van der Waals surface area (Å²) >= 11 is 0. The van der Waals surface area contributed by atoms with Gasteiger partial charge in [0.05, 0.1) is 12.1 Å². The van der Waals surface area contributed by atoms with Gasteiger partial charge in [0.25, 0.3) is 5.91 Å². The maximum Gasteiger partial charge on any atom is 0.251 e. The van der Waals surface area contributed by atoms with Crippen molar-refractivity contribution in [1.29, 1.82) is 0 Å². The van der Waals surface area contributed by atoms with Gasteiger partial charge in [0.15, 0.2) is 0 Å². The minimum absolute atomic E-state index is 0. The monoisotopic (exact) mass is 334 g/mol. The van der Waals surface area contributed by atoms with Gasteiger partial charge in [0.1, 0.15) is 0 Å². The van der Waals surface area contributed by atoms with Crippen LogP contribution >= 0.6 is 12.4 Å². The van der Waals surface area contributed by atoms with Crippen molar-refractivity contribution < 1.29 is 9.53 Å². The van der Waals surface area contributed by atoms with Crippen LogP contribution in [0.25, 0.3) is 10.8 Å². The Morgan fingerprint density at radius 1 is 1.26 bits per heavy atom. The third-order valence-electron chi connectivity index (χ3n) is 4.37. The molecule has 2 aromatic rings. The Kier molecular flexibility index (Phi) is 5.99. The van der Waals surface area contributed by atoms with Gasteiger partial charge in [-0.2, -0.15) is 0 Å². The minimum Gasteiger partial charge on any atom is -0.383 e. The number of hydrogen-bond donors (Lipinski definition) is 2. The van der Waals surface area contributed by atoms with Crippen molar-refractivity contribution in [1.82, 2.24) is 10.6 Å². The van der Waals surface area contributed by atoms with Crippen LogP contribution in [0.1, 0.15) is 23.2 Å². The van der Waals surface area contributed by atoms with Crippen LogP contribution in [-0.4, -0.2) is 38.3 Å². The van der Waals surface area contributed by atoms with Gasteiger partial charge in [-0.15, -0.1) is 12.4 Å². The Hall–Kier alpha value is -1.62. The van der Waals surface area contributed by atoms with Gasteiger partial charge in [-0.25, -0.2) is 0 Å². The topological polar surface area (TPSA) is 50.4 Å². The number of nitrogens with one attached hydrogen (secondary N) is 2. The van der Waals surface area contributed by atoms with E-state index in [-0.39, 0.29) is 23.9 Å². The number of carbonyl (C=O) groups excluding carboxylic acids is 1. The van der Waals surface area contributed by atoms with E-state index in [4.69, 9.17) is 4.74 Å². The molecule has 3 rings (SSSR count). The van der Waals surface area contributed by atoms with Crippen molar-refractivity contribution in [3.8, 4) is 0 Å². The molecular weight excluding hydrogens is 312 g/mol.